The van der Waals surface area contributed by atoms with E-state index in [0.717, 1.165) is 82.2 Å². The van der Waals surface area contributed by atoms with Gasteiger partial charge >= 0.3 is 0 Å². The van der Waals surface area contributed by atoms with Gasteiger partial charge in [0.15, 0.2) is 10.1 Å². The number of rotatable bonds is 25. The molecule has 0 bridgehead atoms. The number of benzene rings is 3. The molecule has 0 radical (unpaired) electrons. The maximum absolute atomic E-state index is 13.3. The predicted octanol–water partition coefficient (Wildman–Crippen LogP) is 15.3. The summed E-state index contributed by atoms with van der Waals surface area (Å²) in [5.41, 5.74) is 9.64. The van der Waals surface area contributed by atoms with Crippen LogP contribution >= 0.6 is 0 Å². The number of sulfonamides is 4. The molecular formula is C98H123N17O15S4. The number of hydrogen-bond acceptors (Lipinski definition) is 28. The zero-order valence-electron chi connectivity index (χ0n) is 79.0. The lowest BCUT2D eigenvalue weighted by Gasteiger charge is -2.34. The van der Waals surface area contributed by atoms with Crippen LogP contribution in [0.1, 0.15) is 208 Å². The largest absolute Gasteiger partial charge is 0.507 e. The maximum Gasteiger partial charge on any atom is 0.281 e. The summed E-state index contributed by atoms with van der Waals surface area (Å²) in [5, 5.41) is 13.2. The quantitative estimate of drug-likeness (QED) is 0.0279. The van der Waals surface area contributed by atoms with Crippen LogP contribution in [0.3, 0.4) is 0 Å². The number of pyridine rings is 7. The number of aromatic hydroxyl groups is 1. The third kappa shape index (κ3) is 24.3. The maximum atomic E-state index is 13.3. The van der Waals surface area contributed by atoms with Crippen LogP contribution in [0.2, 0.25) is 0 Å². The Kier molecular flexibility index (Phi) is 30.7. The SMILES string of the molecule is CC1CN(c2ncccc2C(=O)NS(=O)(=O)c2cccc(NCC3CCCO3)n2)C(C)(C)C1.CCCC(C)(C)Oc1cccc(S(=O)(=O)NC(=O)c2cccnc2N2CC(C)CC2(C)C)n1.Cc1ccc(-c2ccc(C(=O)NS(=O)(=O)c3cccnc3N)c(N3C[C@@H](C)CC3(C)C)n2)cc1.Cc1cccc(-c2ccc(C(=O)NS(=O)(=O)c3ccccc3)c(N3C[C@@H](C)CC3(C)C)n2)c1O. The third-order valence-corrected chi connectivity index (χ3v) is 29.5. The second kappa shape index (κ2) is 40.9. The second-order valence-electron chi connectivity index (χ2n) is 38.4. The highest BCUT2D eigenvalue weighted by molar-refractivity contribution is 7.91. The molecular weight excluding hydrogens is 1780 g/mol. The lowest BCUT2D eigenvalue weighted by Crippen LogP contribution is -2.41. The normalized spacial score (nSPS) is 18.9. The Hall–Kier alpha value is -12.3. The van der Waals surface area contributed by atoms with Crippen molar-refractivity contribution < 1.29 is 67.4 Å². The molecule has 5 atom stereocenters. The first kappa shape index (κ1) is 101. The van der Waals surface area contributed by atoms with Crippen molar-refractivity contribution in [2.45, 2.75) is 223 Å². The number of hydrogen-bond donors (Lipinski definition) is 7. The van der Waals surface area contributed by atoms with Crippen LogP contribution in [-0.2, 0) is 44.8 Å². The number of phenolic OH excluding ortho intramolecular Hbond substituents is 1. The van der Waals surface area contributed by atoms with Crippen molar-refractivity contribution in [1.82, 2.24) is 53.8 Å². The number of ether oxygens (including phenoxy) is 2. The van der Waals surface area contributed by atoms with Gasteiger partial charge in [0.05, 0.1) is 44.6 Å². The van der Waals surface area contributed by atoms with Crippen LogP contribution < -0.4 is 54.3 Å². The minimum absolute atomic E-state index is 0.00860. The summed E-state index contributed by atoms with van der Waals surface area (Å²) in [6, 6.07) is 46.1. The van der Waals surface area contributed by atoms with Crippen molar-refractivity contribution in [3.05, 3.63) is 222 Å². The number of nitrogens with two attached hydrogens (primary N) is 1. The van der Waals surface area contributed by atoms with Gasteiger partial charge in [0.25, 0.3) is 63.7 Å². The van der Waals surface area contributed by atoms with E-state index in [1.807, 2.05) is 58.0 Å². The molecule has 714 valence electrons. The molecule has 5 aliphatic heterocycles. The Morgan fingerprint density at radius 2 is 0.925 bits per heavy atom. The van der Waals surface area contributed by atoms with Crippen molar-refractivity contribution in [3.63, 3.8) is 0 Å². The first-order valence-corrected chi connectivity index (χ1v) is 50.8. The van der Waals surface area contributed by atoms with E-state index in [2.05, 4.69) is 152 Å². The van der Waals surface area contributed by atoms with Crippen molar-refractivity contribution in [2.24, 2.45) is 23.7 Å². The zero-order chi connectivity index (χ0) is 97.4. The van der Waals surface area contributed by atoms with Gasteiger partial charge in [-0.05, 0) is 254 Å². The predicted molar refractivity (Wildman–Crippen MR) is 519 cm³/mol. The molecule has 5 saturated heterocycles. The molecule has 0 saturated carbocycles. The first-order valence-electron chi connectivity index (χ1n) is 44.9. The highest BCUT2D eigenvalue weighted by atomic mass is 32.2. The van der Waals surface area contributed by atoms with E-state index in [4.69, 9.17) is 25.2 Å². The van der Waals surface area contributed by atoms with E-state index < -0.39 is 69.3 Å². The summed E-state index contributed by atoms with van der Waals surface area (Å²) in [4.78, 5) is 91.4. The number of nitrogens with one attached hydrogen (secondary N) is 5. The van der Waals surface area contributed by atoms with E-state index in [-0.39, 0.29) is 87.8 Å². The second-order valence-corrected chi connectivity index (χ2v) is 45.0. The molecule has 12 heterocycles. The zero-order valence-corrected chi connectivity index (χ0v) is 82.2. The van der Waals surface area contributed by atoms with Gasteiger partial charge in [-0.15, -0.1) is 0 Å². The monoisotopic (exact) mass is 1910 g/mol. The molecule has 7 aromatic heterocycles. The number of nitrogens with zero attached hydrogens (tertiary/aromatic N) is 11. The Balaban J connectivity index is 0.000000161. The lowest BCUT2D eigenvalue weighted by atomic mass is 9.97. The number of aromatic nitrogens is 7. The van der Waals surface area contributed by atoms with Crippen molar-refractivity contribution in [1.29, 1.82) is 0 Å². The van der Waals surface area contributed by atoms with E-state index in [9.17, 15) is 58.0 Å². The van der Waals surface area contributed by atoms with Gasteiger partial charge in [-0.25, -0.2) is 65.6 Å². The van der Waals surface area contributed by atoms with Gasteiger partial charge in [-0.2, -0.15) is 21.8 Å². The number of nitrogen functional groups attached to an aromatic ring is 1. The number of para-hydroxylation sites is 1. The van der Waals surface area contributed by atoms with Crippen LogP contribution in [0, 0.1) is 37.5 Å². The molecule has 32 nitrogen and oxygen atoms in total. The Morgan fingerprint density at radius 3 is 1.40 bits per heavy atom. The number of carbonyl (C=O) groups is 4. The average Bonchev–Trinajstić information content (AvgIpc) is 1.54. The molecule has 8 N–H and O–H groups in total. The van der Waals surface area contributed by atoms with Crippen molar-refractivity contribution in [3.8, 4) is 34.1 Å². The number of aryl methyl sites for hydroxylation is 2. The summed E-state index contributed by atoms with van der Waals surface area (Å²) in [6.07, 6.45) is 12.1. The highest BCUT2D eigenvalue weighted by Gasteiger charge is 2.44. The number of anilines is 6. The number of phenols is 1. The minimum atomic E-state index is -4.22. The van der Waals surface area contributed by atoms with Crippen molar-refractivity contribution in [2.75, 3.05) is 70.0 Å². The number of amides is 4. The number of carbonyl (C=O) groups excluding carboxylic acids is 4. The van der Waals surface area contributed by atoms with Crippen molar-refractivity contribution >= 4 is 98.6 Å². The van der Waals surface area contributed by atoms with E-state index in [0.29, 0.717) is 94.9 Å². The van der Waals surface area contributed by atoms with Gasteiger partial charge in [0.1, 0.15) is 51.2 Å². The molecule has 0 aliphatic carbocycles. The van der Waals surface area contributed by atoms with E-state index in [1.54, 1.807) is 122 Å². The van der Waals surface area contributed by atoms with Crippen LogP contribution in [0.4, 0.5) is 34.9 Å². The van der Waals surface area contributed by atoms with E-state index >= 15 is 0 Å². The van der Waals surface area contributed by atoms with Gasteiger partial charge in [-0.1, -0.05) is 113 Å². The molecule has 5 aliphatic rings. The fraction of sp³-hybridized carbons (Fsp3) is 0.418. The molecule has 134 heavy (non-hydrogen) atoms. The Bertz CT molecular complexity index is 6440. The summed E-state index contributed by atoms with van der Waals surface area (Å²) < 4.78 is 123. The van der Waals surface area contributed by atoms with Crippen LogP contribution in [0.25, 0.3) is 22.5 Å². The topological polar surface area (TPSA) is 433 Å². The summed E-state index contributed by atoms with van der Waals surface area (Å²) in [6.45, 7) is 39.2. The summed E-state index contributed by atoms with van der Waals surface area (Å²) >= 11 is 0. The Labute approximate surface area is 787 Å². The lowest BCUT2D eigenvalue weighted by molar-refractivity contribution is 0.0915. The van der Waals surface area contributed by atoms with Gasteiger partial charge in [-0.3, -0.25) is 19.2 Å². The molecule has 5 fully saturated rings. The average molecular weight is 1910 g/mol. The van der Waals surface area contributed by atoms with Gasteiger partial charge < -0.3 is 45.2 Å². The smallest absolute Gasteiger partial charge is 0.281 e. The van der Waals surface area contributed by atoms with Crippen LogP contribution in [0.5, 0.6) is 11.6 Å². The standard InChI is InChI=1S/C26H29N3O4S.C25H29N5O3S.C24H34N4O4S.C23H31N5O4S/c1-17-15-26(3,4)29(16-17)24-21(25(31)28-34(32,33)19-10-6-5-7-11-19)13-14-22(27-24)20-12-8-9-18(2)23(20)30;1-16-7-9-18(10-8-16)20-12-11-19(23(28-20)30-15-17(2)14-25(30,3)4)24(31)29-34(32,33)21-6-5-13-27-22(21)26;1-7-13-24(5,6)32-19-11-8-12-20(26-19)33(30,31)27-22(29)18-10-9-14-25-21(18)28-16-17(2)15-23(28,3)4;1-16-13-23(2,3)28(15-16)21-18(8-5-11-24-21)22(29)27-33(30,31)20-10-4-9-19(26-20)25-14-17-7-6-12-32-17/h5-14,17,30H,15-16H2,1-4H3,(H,28,31);5-13,17H,14-15H2,1-4H3,(H2,26,27)(H,29,31);8-12,14,17H,7,13,15-16H2,1-6H3,(H,27,29);4-5,8-11,16-17H,6-7,12-15H2,1-3H3,(H,25,26)(H,27,29)/t2*17-;;/m00../s1. The fourth-order valence-corrected chi connectivity index (χ4v) is 22.3. The molecule has 36 heteroatoms. The minimum Gasteiger partial charge on any atom is -0.507 e. The van der Waals surface area contributed by atoms with Crippen LogP contribution in [-0.4, -0.2) is 170 Å². The van der Waals surface area contributed by atoms with Crippen LogP contribution in [0.15, 0.2) is 208 Å². The van der Waals surface area contributed by atoms with Gasteiger partial charge in [0.2, 0.25) is 5.88 Å². The molecule has 3 unspecified atom stereocenters. The summed E-state index contributed by atoms with van der Waals surface area (Å²) in [7, 11) is -16.7. The molecule has 10 aromatic rings. The third-order valence-electron chi connectivity index (χ3n) is 24.3. The summed E-state index contributed by atoms with van der Waals surface area (Å²) in [5.74, 6) is 1.03. The molecule has 3 aromatic carbocycles. The highest BCUT2D eigenvalue weighted by Crippen LogP contribution is 2.44. The van der Waals surface area contributed by atoms with Gasteiger partial charge in [0, 0.05) is 97.3 Å². The Morgan fingerprint density at radius 1 is 0.485 bits per heavy atom. The molecule has 0 spiro atoms. The molecule has 4 amide bonds. The first-order chi connectivity index (χ1) is 63.0. The van der Waals surface area contributed by atoms with E-state index in [1.165, 1.54) is 42.6 Å². The molecule has 15 rings (SSSR count). The fourth-order valence-electron chi connectivity index (χ4n) is 18.4.